The van der Waals surface area contributed by atoms with Gasteiger partial charge in [-0.1, -0.05) is 30.3 Å². The van der Waals surface area contributed by atoms with Gasteiger partial charge in [-0.25, -0.2) is 0 Å². The van der Waals surface area contributed by atoms with Crippen LogP contribution in [0.15, 0.2) is 72.8 Å². The fourth-order valence-electron chi connectivity index (χ4n) is 3.97. The van der Waals surface area contributed by atoms with Gasteiger partial charge in [-0.2, -0.15) is 0 Å². The van der Waals surface area contributed by atoms with E-state index in [4.69, 9.17) is 9.47 Å². The molecule has 3 aromatic carbocycles. The smallest absolute Gasteiger partial charge is 0.546 e. The molecule has 0 radical (unpaired) electrons. The Labute approximate surface area is 216 Å². The summed E-state index contributed by atoms with van der Waals surface area (Å²) in [6, 6.07) is 23.7. The fourth-order valence-corrected chi connectivity index (χ4v) is 3.97. The van der Waals surface area contributed by atoms with E-state index in [0.717, 1.165) is 43.9 Å². The van der Waals surface area contributed by atoms with Crippen LogP contribution in [0.4, 0.5) is 11.4 Å². The molecule has 0 saturated carbocycles. The molecule has 0 atom stereocenters. The molecule has 33 heavy (non-hydrogen) atoms. The first-order valence-corrected chi connectivity index (χ1v) is 10.9. The van der Waals surface area contributed by atoms with E-state index in [-0.39, 0.29) is 29.6 Å². The topological polar surface area (TPSA) is 73.9 Å². The molecule has 0 aliphatic carbocycles. The maximum Gasteiger partial charge on any atom is 1.00 e. The van der Waals surface area contributed by atoms with Gasteiger partial charge in [0, 0.05) is 24.5 Å². The second kappa shape index (κ2) is 12.5. The van der Waals surface area contributed by atoms with E-state index in [1.54, 1.807) is 12.1 Å². The number of hydrogen-bond donors (Lipinski definition) is 1. The van der Waals surface area contributed by atoms with Crippen molar-refractivity contribution in [2.75, 3.05) is 36.5 Å². The van der Waals surface area contributed by atoms with Crippen molar-refractivity contribution in [2.24, 2.45) is 0 Å². The fraction of sp³-hybridized carbons (Fsp3) is 0.269. The van der Waals surface area contributed by atoms with Crippen molar-refractivity contribution < 1.29 is 48.9 Å². The first-order chi connectivity index (χ1) is 15.7. The first-order valence-electron chi connectivity index (χ1n) is 10.9. The number of ether oxygens (including phenoxy) is 2. The Morgan fingerprint density at radius 3 is 2.45 bits per heavy atom. The number of anilines is 2. The number of carbonyl (C=O) groups is 1. The number of aliphatic carboxylic acids is 1. The monoisotopic (exact) mass is 454 g/mol. The Morgan fingerprint density at radius 2 is 1.70 bits per heavy atom. The molecular formula is C26H27N2NaO4. The number of hydrogen-bond acceptors (Lipinski definition) is 6. The molecule has 7 heteroatoms. The molecular weight excluding hydrogens is 427 g/mol. The Morgan fingerprint density at radius 1 is 0.939 bits per heavy atom. The van der Waals surface area contributed by atoms with Crippen LogP contribution in [0.2, 0.25) is 0 Å². The minimum Gasteiger partial charge on any atom is -0.546 e. The summed E-state index contributed by atoms with van der Waals surface area (Å²) in [6.45, 7) is 2.81. The van der Waals surface area contributed by atoms with Crippen molar-refractivity contribution in [1.29, 1.82) is 0 Å². The van der Waals surface area contributed by atoms with Crippen molar-refractivity contribution in [2.45, 2.75) is 19.4 Å². The first kappa shape index (κ1) is 25.0. The molecule has 166 valence electrons. The van der Waals surface area contributed by atoms with Gasteiger partial charge < -0.3 is 29.6 Å². The summed E-state index contributed by atoms with van der Waals surface area (Å²) in [6.07, 6.45) is 2.19. The summed E-state index contributed by atoms with van der Waals surface area (Å²) < 4.78 is 11.0. The summed E-state index contributed by atoms with van der Waals surface area (Å²) in [5, 5.41) is 14.0. The van der Waals surface area contributed by atoms with Gasteiger partial charge in [0.2, 0.25) is 0 Å². The standard InChI is InChI=1S/C26H28N2O4.Na/c29-26(30)19-32-23-13-11-21(12-14-23)27-18-20-6-4-10-25-24(20)9-5-15-28(25)16-17-31-22-7-2-1-3-8-22;/h1-4,6-8,10-14,27H,5,9,15-19H2,(H,29,30);/q;+1/p-1. The minimum absolute atomic E-state index is 0. The molecule has 1 aliphatic rings. The summed E-state index contributed by atoms with van der Waals surface area (Å²) in [4.78, 5) is 12.9. The molecule has 1 N–H and O–H groups in total. The average molecular weight is 455 g/mol. The summed E-state index contributed by atoms with van der Waals surface area (Å²) in [7, 11) is 0. The molecule has 1 aliphatic heterocycles. The van der Waals surface area contributed by atoms with Crippen LogP contribution in [0.5, 0.6) is 11.5 Å². The molecule has 0 spiro atoms. The van der Waals surface area contributed by atoms with Gasteiger partial charge in [0.25, 0.3) is 0 Å². The van der Waals surface area contributed by atoms with Crippen LogP contribution in [0.3, 0.4) is 0 Å². The van der Waals surface area contributed by atoms with E-state index < -0.39 is 12.6 Å². The molecule has 6 nitrogen and oxygen atoms in total. The normalized spacial score (nSPS) is 12.3. The molecule has 0 unspecified atom stereocenters. The Balaban J connectivity index is 0.00000306. The Kier molecular flexibility index (Phi) is 9.48. The zero-order valence-corrected chi connectivity index (χ0v) is 21.0. The van der Waals surface area contributed by atoms with Gasteiger partial charge in [-0.3, -0.25) is 0 Å². The molecule has 1 heterocycles. The van der Waals surface area contributed by atoms with Crippen LogP contribution in [0.25, 0.3) is 0 Å². The number of rotatable bonds is 10. The van der Waals surface area contributed by atoms with Gasteiger partial charge in [-0.15, -0.1) is 0 Å². The molecule has 0 aromatic heterocycles. The van der Waals surface area contributed by atoms with Crippen molar-refractivity contribution in [3.8, 4) is 11.5 Å². The van der Waals surface area contributed by atoms with E-state index in [1.165, 1.54) is 16.8 Å². The molecule has 3 aromatic rings. The Hall–Kier alpha value is -2.67. The SMILES string of the molecule is O=C([O-])COc1ccc(NCc2cccc3c2CCCN3CCOc2ccccc2)cc1.[Na+]. The van der Waals surface area contributed by atoms with Crippen LogP contribution in [-0.2, 0) is 17.8 Å². The van der Waals surface area contributed by atoms with E-state index in [2.05, 4.69) is 28.4 Å². The second-order valence-corrected chi connectivity index (χ2v) is 7.71. The molecule has 0 bridgehead atoms. The molecule has 0 saturated heterocycles. The molecule has 0 fully saturated rings. The number of nitrogens with one attached hydrogen (secondary N) is 1. The third-order valence-electron chi connectivity index (χ3n) is 5.51. The quantitative estimate of drug-likeness (QED) is 0.443. The largest absolute Gasteiger partial charge is 1.00 e. The zero-order chi connectivity index (χ0) is 22.2. The minimum atomic E-state index is -1.23. The van der Waals surface area contributed by atoms with Crippen LogP contribution in [0, 0.1) is 0 Å². The van der Waals surface area contributed by atoms with Crippen LogP contribution >= 0.6 is 0 Å². The third-order valence-corrected chi connectivity index (χ3v) is 5.51. The molecule has 0 amide bonds. The Bertz CT molecular complexity index is 1030. The van der Waals surface area contributed by atoms with Gasteiger partial charge in [0.15, 0.2) is 0 Å². The number of carboxylic acid groups (broad SMARTS) is 1. The number of para-hydroxylation sites is 1. The van der Waals surface area contributed by atoms with Crippen molar-refractivity contribution in [3.05, 3.63) is 83.9 Å². The van der Waals surface area contributed by atoms with Crippen molar-refractivity contribution in [1.82, 2.24) is 0 Å². The predicted molar refractivity (Wildman–Crippen MR) is 123 cm³/mol. The number of nitrogens with zero attached hydrogens (tertiary/aromatic N) is 1. The van der Waals surface area contributed by atoms with Gasteiger partial charge >= 0.3 is 29.6 Å². The summed E-state index contributed by atoms with van der Waals surface area (Å²) >= 11 is 0. The maximum absolute atomic E-state index is 10.5. The van der Waals surface area contributed by atoms with Gasteiger partial charge in [-0.05, 0) is 66.4 Å². The number of benzene rings is 3. The van der Waals surface area contributed by atoms with Crippen LogP contribution in [0.1, 0.15) is 17.5 Å². The second-order valence-electron chi connectivity index (χ2n) is 7.71. The average Bonchev–Trinajstić information content (AvgIpc) is 2.83. The maximum atomic E-state index is 10.5. The van der Waals surface area contributed by atoms with Crippen molar-refractivity contribution in [3.63, 3.8) is 0 Å². The zero-order valence-electron chi connectivity index (χ0n) is 19.0. The number of fused-ring (bicyclic) bond motifs is 1. The third kappa shape index (κ3) is 7.16. The van der Waals surface area contributed by atoms with Gasteiger partial charge in [0.1, 0.15) is 24.7 Å². The number of carboxylic acids is 1. The number of carbonyl (C=O) groups excluding carboxylic acids is 1. The summed E-state index contributed by atoms with van der Waals surface area (Å²) in [5.74, 6) is 0.172. The summed E-state index contributed by atoms with van der Waals surface area (Å²) in [5.41, 5.74) is 4.92. The van der Waals surface area contributed by atoms with E-state index in [0.29, 0.717) is 12.4 Å². The molecule has 4 rings (SSSR count). The van der Waals surface area contributed by atoms with E-state index in [9.17, 15) is 9.90 Å². The van der Waals surface area contributed by atoms with Crippen molar-refractivity contribution >= 4 is 17.3 Å². The van der Waals surface area contributed by atoms with Crippen LogP contribution < -0.4 is 54.4 Å². The van der Waals surface area contributed by atoms with Gasteiger partial charge in [0.05, 0.1) is 12.5 Å². The van der Waals surface area contributed by atoms with Crippen LogP contribution in [-0.4, -0.2) is 32.3 Å². The predicted octanol–water partition coefficient (Wildman–Crippen LogP) is 0.263. The van der Waals surface area contributed by atoms with E-state index >= 15 is 0 Å². The van der Waals surface area contributed by atoms with E-state index in [1.807, 2.05) is 42.5 Å².